The summed E-state index contributed by atoms with van der Waals surface area (Å²) >= 11 is 0. The van der Waals surface area contributed by atoms with Crippen molar-refractivity contribution in [2.75, 3.05) is 13.1 Å². The molecule has 1 atom stereocenters. The van der Waals surface area contributed by atoms with E-state index in [1.54, 1.807) is 0 Å². The number of hydrogen-bond acceptors (Lipinski definition) is 3. The highest BCUT2D eigenvalue weighted by molar-refractivity contribution is 5.46. The Hall–Kier alpha value is -1.22. The summed E-state index contributed by atoms with van der Waals surface area (Å²) in [6.45, 7) is 7.33. The van der Waals surface area contributed by atoms with Crippen LogP contribution in [0.25, 0.3) is 0 Å². The molecule has 0 aromatic heterocycles. The van der Waals surface area contributed by atoms with Crippen LogP contribution in [0.5, 0.6) is 11.5 Å². The molecule has 1 aromatic carbocycles. The van der Waals surface area contributed by atoms with Crippen molar-refractivity contribution in [1.82, 2.24) is 4.90 Å². The maximum absolute atomic E-state index is 10.4. The van der Waals surface area contributed by atoms with E-state index >= 15 is 0 Å². The fourth-order valence-corrected chi connectivity index (χ4v) is 3.65. The number of unbranched alkanes of at least 4 members (excludes halogenated alkanes) is 2. The van der Waals surface area contributed by atoms with Crippen LogP contribution in [0, 0.1) is 5.92 Å². The minimum absolute atomic E-state index is 0.259. The Morgan fingerprint density at radius 1 is 1.00 bits per heavy atom. The van der Waals surface area contributed by atoms with Gasteiger partial charge in [0.15, 0.2) is 0 Å². The SMILES string of the molecule is CCCCCC(C)CCc1cc(O)c(CN2CCCCC2)c(O)c1. The van der Waals surface area contributed by atoms with E-state index in [2.05, 4.69) is 18.7 Å². The molecule has 0 spiro atoms. The normalized spacial score (nSPS) is 17.1. The summed E-state index contributed by atoms with van der Waals surface area (Å²) in [4.78, 5) is 2.33. The smallest absolute Gasteiger partial charge is 0.124 e. The summed E-state index contributed by atoms with van der Waals surface area (Å²) in [6, 6.07) is 3.72. The number of rotatable bonds is 9. The Bertz CT molecular complexity index is 472. The zero-order chi connectivity index (χ0) is 17.4. The van der Waals surface area contributed by atoms with E-state index in [-0.39, 0.29) is 11.5 Å². The minimum atomic E-state index is 0.259. The van der Waals surface area contributed by atoms with Crippen molar-refractivity contribution in [2.45, 2.75) is 78.2 Å². The van der Waals surface area contributed by atoms with Crippen molar-refractivity contribution in [3.8, 4) is 11.5 Å². The van der Waals surface area contributed by atoms with Crippen LogP contribution < -0.4 is 0 Å². The molecule has 2 rings (SSSR count). The molecule has 1 aromatic rings. The van der Waals surface area contributed by atoms with Crippen molar-refractivity contribution in [2.24, 2.45) is 5.92 Å². The van der Waals surface area contributed by atoms with Gasteiger partial charge in [-0.3, -0.25) is 4.90 Å². The lowest BCUT2D eigenvalue weighted by Crippen LogP contribution is -2.29. The van der Waals surface area contributed by atoms with Gasteiger partial charge in [0.25, 0.3) is 0 Å². The lowest BCUT2D eigenvalue weighted by molar-refractivity contribution is 0.216. The molecule has 1 heterocycles. The predicted octanol–water partition coefficient (Wildman–Crippen LogP) is 5.23. The van der Waals surface area contributed by atoms with Crippen molar-refractivity contribution >= 4 is 0 Å². The summed E-state index contributed by atoms with van der Waals surface area (Å²) in [5, 5.41) is 20.7. The molecule has 2 N–H and O–H groups in total. The van der Waals surface area contributed by atoms with E-state index in [1.165, 1.54) is 44.9 Å². The van der Waals surface area contributed by atoms with Gasteiger partial charge in [-0.1, -0.05) is 46.0 Å². The summed E-state index contributed by atoms with van der Waals surface area (Å²) in [6.07, 6.45) is 11.0. The lowest BCUT2D eigenvalue weighted by atomic mass is 9.95. The highest BCUT2D eigenvalue weighted by Gasteiger charge is 2.16. The van der Waals surface area contributed by atoms with Gasteiger partial charge < -0.3 is 10.2 Å². The Kier molecular flexibility index (Phi) is 7.90. The van der Waals surface area contributed by atoms with Crippen LogP contribution in [-0.2, 0) is 13.0 Å². The fraction of sp³-hybridized carbons (Fsp3) is 0.714. The molecule has 1 fully saturated rings. The molecule has 24 heavy (non-hydrogen) atoms. The minimum Gasteiger partial charge on any atom is -0.507 e. The Morgan fingerprint density at radius 3 is 2.29 bits per heavy atom. The second kappa shape index (κ2) is 9.93. The number of phenols is 2. The molecule has 0 saturated carbocycles. The molecule has 0 bridgehead atoms. The second-order valence-electron chi connectivity index (χ2n) is 7.59. The summed E-state index contributed by atoms with van der Waals surface area (Å²) in [7, 11) is 0. The molecular weight excluding hydrogens is 298 g/mol. The molecule has 1 unspecified atom stereocenters. The highest BCUT2D eigenvalue weighted by Crippen LogP contribution is 2.32. The molecule has 0 amide bonds. The molecule has 1 aliphatic heterocycles. The van der Waals surface area contributed by atoms with Crippen molar-refractivity contribution in [3.63, 3.8) is 0 Å². The molecular formula is C21H35NO2. The fourth-order valence-electron chi connectivity index (χ4n) is 3.65. The van der Waals surface area contributed by atoms with Gasteiger partial charge in [-0.25, -0.2) is 0 Å². The van der Waals surface area contributed by atoms with Crippen LogP contribution in [0.2, 0.25) is 0 Å². The predicted molar refractivity (Wildman–Crippen MR) is 101 cm³/mol. The summed E-state index contributed by atoms with van der Waals surface area (Å²) in [5.74, 6) is 1.22. The number of hydrogen-bond donors (Lipinski definition) is 2. The number of aromatic hydroxyl groups is 2. The van der Waals surface area contributed by atoms with Gasteiger partial charge >= 0.3 is 0 Å². The van der Waals surface area contributed by atoms with E-state index in [1.807, 2.05) is 12.1 Å². The van der Waals surface area contributed by atoms with Crippen molar-refractivity contribution in [3.05, 3.63) is 23.3 Å². The van der Waals surface area contributed by atoms with Crippen molar-refractivity contribution in [1.29, 1.82) is 0 Å². The summed E-state index contributed by atoms with van der Waals surface area (Å²) < 4.78 is 0. The van der Waals surface area contributed by atoms with Crippen LogP contribution in [0.3, 0.4) is 0 Å². The first-order valence-corrected chi connectivity index (χ1v) is 9.86. The molecule has 3 nitrogen and oxygen atoms in total. The average Bonchev–Trinajstić information content (AvgIpc) is 2.57. The Labute approximate surface area is 147 Å². The molecule has 1 aliphatic rings. The van der Waals surface area contributed by atoms with Gasteiger partial charge in [-0.2, -0.15) is 0 Å². The van der Waals surface area contributed by atoms with E-state index in [0.29, 0.717) is 18.0 Å². The van der Waals surface area contributed by atoms with Crippen molar-refractivity contribution < 1.29 is 10.2 Å². The van der Waals surface area contributed by atoms with E-state index in [4.69, 9.17) is 0 Å². The largest absolute Gasteiger partial charge is 0.507 e. The zero-order valence-corrected chi connectivity index (χ0v) is 15.6. The Balaban J connectivity index is 1.88. The van der Waals surface area contributed by atoms with Gasteiger partial charge in [0.05, 0.1) is 0 Å². The molecule has 136 valence electrons. The van der Waals surface area contributed by atoms with E-state index in [9.17, 15) is 10.2 Å². The monoisotopic (exact) mass is 333 g/mol. The molecule has 1 saturated heterocycles. The topological polar surface area (TPSA) is 43.7 Å². The van der Waals surface area contributed by atoms with Gasteiger partial charge in [0.1, 0.15) is 11.5 Å². The first kappa shape index (κ1) is 19.1. The first-order chi connectivity index (χ1) is 11.6. The number of aryl methyl sites for hydroxylation is 1. The maximum Gasteiger partial charge on any atom is 0.124 e. The summed E-state index contributed by atoms with van der Waals surface area (Å²) in [5.41, 5.74) is 1.74. The Morgan fingerprint density at radius 2 is 1.67 bits per heavy atom. The standard InChI is InChI=1S/C21H35NO2/c1-3-4-6-9-17(2)10-11-18-14-20(23)19(21(24)15-18)16-22-12-7-5-8-13-22/h14-15,17,23-24H,3-13,16H2,1-2H3. The highest BCUT2D eigenvalue weighted by atomic mass is 16.3. The first-order valence-electron chi connectivity index (χ1n) is 9.86. The van der Waals surface area contributed by atoms with Crippen LogP contribution in [0.1, 0.15) is 76.3 Å². The third kappa shape index (κ3) is 6.01. The number of likely N-dealkylation sites (tertiary alicyclic amines) is 1. The van der Waals surface area contributed by atoms with E-state index in [0.717, 1.165) is 31.5 Å². The number of piperidine rings is 1. The van der Waals surface area contributed by atoms with Crippen LogP contribution in [0.15, 0.2) is 12.1 Å². The number of nitrogens with zero attached hydrogens (tertiary/aromatic N) is 1. The third-order valence-electron chi connectivity index (χ3n) is 5.32. The van der Waals surface area contributed by atoms with Gasteiger partial charge in [0.2, 0.25) is 0 Å². The van der Waals surface area contributed by atoms with Gasteiger partial charge in [-0.05, 0) is 62.4 Å². The molecule has 0 radical (unpaired) electrons. The van der Waals surface area contributed by atoms with Crippen LogP contribution in [0.4, 0.5) is 0 Å². The average molecular weight is 334 g/mol. The van der Waals surface area contributed by atoms with Gasteiger partial charge in [0, 0.05) is 12.1 Å². The lowest BCUT2D eigenvalue weighted by Gasteiger charge is -2.27. The van der Waals surface area contributed by atoms with Gasteiger partial charge in [-0.15, -0.1) is 0 Å². The zero-order valence-electron chi connectivity index (χ0n) is 15.6. The molecule has 0 aliphatic carbocycles. The van der Waals surface area contributed by atoms with E-state index < -0.39 is 0 Å². The maximum atomic E-state index is 10.4. The quantitative estimate of drug-likeness (QED) is 0.608. The van der Waals surface area contributed by atoms with Crippen LogP contribution in [-0.4, -0.2) is 28.2 Å². The number of phenolic OH excluding ortho intramolecular Hbond substituents is 2. The second-order valence-corrected chi connectivity index (χ2v) is 7.59. The van der Waals surface area contributed by atoms with Crippen LogP contribution >= 0.6 is 0 Å². The third-order valence-corrected chi connectivity index (χ3v) is 5.32. The molecule has 3 heteroatoms. The number of benzene rings is 1.